The summed E-state index contributed by atoms with van der Waals surface area (Å²) < 4.78 is 0.718. The van der Waals surface area contributed by atoms with E-state index in [1.54, 1.807) is 4.90 Å². The van der Waals surface area contributed by atoms with Crippen molar-refractivity contribution >= 4 is 62.8 Å². The van der Waals surface area contributed by atoms with Gasteiger partial charge in [-0.2, -0.15) is 0 Å². The minimum atomic E-state index is -0.467. The summed E-state index contributed by atoms with van der Waals surface area (Å²) in [5, 5.41) is 2.83. The molecule has 0 spiro atoms. The molecule has 2 amide bonds. The summed E-state index contributed by atoms with van der Waals surface area (Å²) in [6, 6.07) is -0.202. The second-order valence-electron chi connectivity index (χ2n) is 8.55. The van der Waals surface area contributed by atoms with E-state index in [0.717, 1.165) is 38.6 Å². The Morgan fingerprint density at radius 1 is 0.900 bits per heavy atom. The van der Waals surface area contributed by atoms with Gasteiger partial charge in [0.25, 0.3) is 0 Å². The Hall–Kier alpha value is 0.0300. The number of nitrogens with zero attached hydrogens (tertiary/aromatic N) is 2. The molecule has 0 saturated carbocycles. The molecule has 0 aromatic heterocycles. The first kappa shape index (κ1) is 26.3. The Morgan fingerprint density at radius 2 is 1.47 bits per heavy atom. The Balaban J connectivity index is 2.08. The number of rotatable bonds is 10. The highest BCUT2D eigenvalue weighted by atomic mass is 127. The summed E-state index contributed by atoms with van der Waals surface area (Å²) in [7, 11) is 0. The third kappa shape index (κ3) is 6.30. The number of halogens is 2. The maximum absolute atomic E-state index is 13.6. The van der Waals surface area contributed by atoms with Crippen LogP contribution in [0.3, 0.4) is 0 Å². The zero-order valence-electron chi connectivity index (χ0n) is 18.7. The number of carbonyl (C=O) groups excluding carboxylic acids is 3. The molecule has 0 aromatic carbocycles. The third-order valence-corrected chi connectivity index (χ3v) is 8.50. The van der Waals surface area contributed by atoms with Crippen molar-refractivity contribution in [3.8, 4) is 0 Å². The van der Waals surface area contributed by atoms with Gasteiger partial charge in [0.2, 0.25) is 11.8 Å². The van der Waals surface area contributed by atoms with E-state index in [0.29, 0.717) is 22.9 Å². The van der Waals surface area contributed by atoms with Crippen LogP contribution in [0.25, 0.3) is 0 Å². The fourth-order valence-corrected chi connectivity index (χ4v) is 6.70. The highest BCUT2D eigenvalue weighted by molar-refractivity contribution is 14.1. The Kier molecular flexibility index (Phi) is 10.8. The van der Waals surface area contributed by atoms with Gasteiger partial charge in [0.05, 0.1) is 12.6 Å². The Labute approximate surface area is 208 Å². The SMILES string of the molecule is CCC(CC)C(=O)CNC(=O)C1CC(I)CN1C(=O)C1CC(I)CN1C(CC)CC. The fourth-order valence-electron chi connectivity index (χ4n) is 4.86. The normalized spacial score (nSPS) is 27.3. The first-order chi connectivity index (χ1) is 14.3. The molecule has 0 aliphatic carbocycles. The molecule has 6 nitrogen and oxygen atoms in total. The molecule has 30 heavy (non-hydrogen) atoms. The summed E-state index contributed by atoms with van der Waals surface area (Å²) in [6.45, 7) is 9.97. The molecule has 172 valence electrons. The summed E-state index contributed by atoms with van der Waals surface area (Å²) in [5.74, 6) is -0.0121. The number of hydrogen-bond donors (Lipinski definition) is 1. The van der Waals surface area contributed by atoms with Crippen LogP contribution in [-0.2, 0) is 14.4 Å². The van der Waals surface area contributed by atoms with Crippen LogP contribution in [-0.4, -0.2) is 73.0 Å². The predicted octanol–water partition coefficient (Wildman–Crippen LogP) is 3.58. The molecule has 2 aliphatic rings. The van der Waals surface area contributed by atoms with E-state index < -0.39 is 6.04 Å². The van der Waals surface area contributed by atoms with Gasteiger partial charge < -0.3 is 10.2 Å². The number of Topliss-reactive ketones (excluding diaryl/α,β-unsaturated/α-hetero) is 1. The van der Waals surface area contributed by atoms with Gasteiger partial charge in [-0.05, 0) is 38.5 Å². The quantitative estimate of drug-likeness (QED) is 0.292. The van der Waals surface area contributed by atoms with E-state index in [2.05, 4.69) is 69.2 Å². The van der Waals surface area contributed by atoms with Crippen molar-refractivity contribution in [3.63, 3.8) is 0 Å². The molecule has 2 fully saturated rings. The molecule has 2 aliphatic heterocycles. The lowest BCUT2D eigenvalue weighted by Gasteiger charge is -2.34. The molecule has 0 radical (unpaired) electrons. The number of nitrogens with one attached hydrogen (secondary N) is 1. The topological polar surface area (TPSA) is 69.7 Å². The standard InChI is InChI=1S/C22H37I2N3O3/c1-5-14(6-2)20(28)11-25-21(29)18-9-15(23)13-27(18)22(30)19-10-16(24)12-26(19)17(7-3)8-4/h14-19H,5-13H2,1-4H3,(H,25,29). The molecule has 8 heteroatoms. The summed E-state index contributed by atoms with van der Waals surface area (Å²) in [6.07, 6.45) is 5.14. The van der Waals surface area contributed by atoms with E-state index in [4.69, 9.17) is 0 Å². The largest absolute Gasteiger partial charge is 0.347 e. The van der Waals surface area contributed by atoms with Crippen molar-refractivity contribution in [2.45, 2.75) is 92.2 Å². The number of carbonyl (C=O) groups is 3. The second-order valence-corrected chi connectivity index (χ2v) is 12.1. The van der Waals surface area contributed by atoms with Gasteiger partial charge in [-0.3, -0.25) is 19.3 Å². The molecule has 1 N–H and O–H groups in total. The average molecular weight is 645 g/mol. The maximum Gasteiger partial charge on any atom is 0.243 e. The highest BCUT2D eigenvalue weighted by Gasteiger charge is 2.46. The minimum Gasteiger partial charge on any atom is -0.347 e. The first-order valence-corrected chi connectivity index (χ1v) is 13.9. The first-order valence-electron chi connectivity index (χ1n) is 11.4. The molecular weight excluding hydrogens is 608 g/mol. The van der Waals surface area contributed by atoms with E-state index >= 15 is 0 Å². The average Bonchev–Trinajstić information content (AvgIpc) is 3.30. The molecule has 4 atom stereocenters. The smallest absolute Gasteiger partial charge is 0.243 e. The number of hydrogen-bond acceptors (Lipinski definition) is 4. The van der Waals surface area contributed by atoms with Gasteiger partial charge >= 0.3 is 0 Å². The Morgan fingerprint density at radius 3 is 2.03 bits per heavy atom. The van der Waals surface area contributed by atoms with Crippen LogP contribution in [0.1, 0.15) is 66.2 Å². The van der Waals surface area contributed by atoms with Crippen LogP contribution in [0.2, 0.25) is 0 Å². The van der Waals surface area contributed by atoms with Crippen LogP contribution in [0.15, 0.2) is 0 Å². The fraction of sp³-hybridized carbons (Fsp3) is 0.864. The van der Waals surface area contributed by atoms with Crippen molar-refractivity contribution in [3.05, 3.63) is 0 Å². The van der Waals surface area contributed by atoms with Crippen LogP contribution < -0.4 is 5.32 Å². The van der Waals surface area contributed by atoms with Crippen LogP contribution >= 0.6 is 45.2 Å². The van der Waals surface area contributed by atoms with Crippen molar-refractivity contribution in [1.29, 1.82) is 0 Å². The Bertz CT molecular complexity index is 610. The number of alkyl halides is 2. The monoisotopic (exact) mass is 645 g/mol. The van der Waals surface area contributed by atoms with E-state index in [1.807, 2.05) is 13.8 Å². The van der Waals surface area contributed by atoms with Crippen LogP contribution in [0, 0.1) is 5.92 Å². The summed E-state index contributed by atoms with van der Waals surface area (Å²) in [4.78, 5) is 43.0. The number of amides is 2. The maximum atomic E-state index is 13.6. The minimum absolute atomic E-state index is 0.00316. The molecule has 0 aromatic rings. The molecule has 2 rings (SSSR count). The van der Waals surface area contributed by atoms with Crippen molar-refractivity contribution in [1.82, 2.24) is 15.1 Å². The highest BCUT2D eigenvalue weighted by Crippen LogP contribution is 2.32. The van der Waals surface area contributed by atoms with Gasteiger partial charge in [0.15, 0.2) is 5.78 Å². The lowest BCUT2D eigenvalue weighted by atomic mass is 9.98. The molecular formula is C22H37I2N3O3. The number of likely N-dealkylation sites (tertiary alicyclic amines) is 2. The van der Waals surface area contributed by atoms with E-state index in [-0.39, 0.29) is 40.0 Å². The van der Waals surface area contributed by atoms with Gasteiger partial charge in [0.1, 0.15) is 6.04 Å². The number of ketones is 1. The van der Waals surface area contributed by atoms with Gasteiger partial charge in [0, 0.05) is 32.9 Å². The van der Waals surface area contributed by atoms with Crippen molar-refractivity contribution in [2.75, 3.05) is 19.6 Å². The summed E-state index contributed by atoms with van der Waals surface area (Å²) in [5.41, 5.74) is 0. The molecule has 2 heterocycles. The van der Waals surface area contributed by atoms with Crippen LogP contribution in [0.4, 0.5) is 0 Å². The lowest BCUT2D eigenvalue weighted by molar-refractivity contribution is -0.142. The van der Waals surface area contributed by atoms with Crippen molar-refractivity contribution < 1.29 is 14.4 Å². The second kappa shape index (κ2) is 12.3. The molecule has 4 unspecified atom stereocenters. The molecule has 2 saturated heterocycles. The van der Waals surface area contributed by atoms with E-state index in [1.165, 1.54) is 0 Å². The zero-order valence-corrected chi connectivity index (χ0v) is 23.0. The molecule has 0 bridgehead atoms. The van der Waals surface area contributed by atoms with Crippen molar-refractivity contribution in [2.24, 2.45) is 5.92 Å². The summed E-state index contributed by atoms with van der Waals surface area (Å²) >= 11 is 4.79. The predicted molar refractivity (Wildman–Crippen MR) is 137 cm³/mol. The van der Waals surface area contributed by atoms with Gasteiger partial charge in [-0.25, -0.2) is 0 Å². The third-order valence-electron chi connectivity index (χ3n) is 6.70. The zero-order chi connectivity index (χ0) is 22.4. The van der Waals surface area contributed by atoms with Gasteiger partial charge in [-0.15, -0.1) is 0 Å². The lowest BCUT2D eigenvalue weighted by Crippen LogP contribution is -2.54. The van der Waals surface area contributed by atoms with Gasteiger partial charge in [-0.1, -0.05) is 72.9 Å². The van der Waals surface area contributed by atoms with Crippen LogP contribution in [0.5, 0.6) is 0 Å². The van der Waals surface area contributed by atoms with E-state index in [9.17, 15) is 14.4 Å².